The van der Waals surface area contributed by atoms with Crippen LogP contribution in [-0.4, -0.2) is 16.2 Å². The van der Waals surface area contributed by atoms with Crippen molar-refractivity contribution in [2.75, 3.05) is 0 Å². The fourth-order valence-corrected chi connectivity index (χ4v) is 2.17. The van der Waals surface area contributed by atoms with E-state index in [0.717, 1.165) is 0 Å². The molecule has 0 aliphatic rings. The minimum absolute atomic E-state index is 0.0493. The van der Waals surface area contributed by atoms with E-state index in [9.17, 15) is 15.0 Å². The number of aliphatic hydroxyl groups is 1. The third kappa shape index (κ3) is 3.80. The average Bonchev–Trinajstić information content (AvgIpc) is 2.27. The Labute approximate surface area is 115 Å². The molecule has 0 amide bonds. The van der Waals surface area contributed by atoms with Crippen LogP contribution in [0.25, 0.3) is 0 Å². The molecule has 2 N–H and O–H groups in total. The molecule has 0 fully saturated rings. The van der Waals surface area contributed by atoms with Crippen LogP contribution in [0.15, 0.2) is 24.3 Å². The zero-order valence-corrected chi connectivity index (χ0v) is 12.3. The molecule has 0 saturated heterocycles. The second kappa shape index (κ2) is 5.74. The Morgan fingerprint density at radius 3 is 1.89 bits per heavy atom. The van der Waals surface area contributed by atoms with E-state index in [4.69, 9.17) is 0 Å². The van der Waals surface area contributed by atoms with Crippen LogP contribution >= 0.6 is 0 Å². The van der Waals surface area contributed by atoms with Gasteiger partial charge in [0.1, 0.15) is 0 Å². The Balaban J connectivity index is 3.00. The van der Waals surface area contributed by atoms with Gasteiger partial charge in [0, 0.05) is 0 Å². The maximum Gasteiger partial charge on any atom is 0.309 e. The number of hydrogen-bond acceptors (Lipinski definition) is 2. The molecule has 0 aliphatic heterocycles. The fraction of sp³-hybridized carbons (Fsp3) is 0.562. The van der Waals surface area contributed by atoms with Gasteiger partial charge in [-0.25, -0.2) is 0 Å². The molecular formula is C16H24O3. The van der Waals surface area contributed by atoms with Crippen LogP contribution in [0.1, 0.15) is 51.8 Å². The van der Waals surface area contributed by atoms with Crippen LogP contribution < -0.4 is 0 Å². The average molecular weight is 264 g/mol. The first-order valence-corrected chi connectivity index (χ1v) is 6.66. The van der Waals surface area contributed by atoms with Crippen molar-refractivity contribution in [2.45, 2.75) is 46.1 Å². The first-order chi connectivity index (χ1) is 8.64. The van der Waals surface area contributed by atoms with Gasteiger partial charge in [-0.1, -0.05) is 58.9 Å². The van der Waals surface area contributed by atoms with Gasteiger partial charge >= 0.3 is 5.97 Å². The number of hydrogen-bond donors (Lipinski definition) is 2. The minimum Gasteiger partial charge on any atom is -0.481 e. The molecule has 3 heteroatoms. The molecule has 1 aromatic carbocycles. The lowest BCUT2D eigenvalue weighted by atomic mass is 9.83. The lowest BCUT2D eigenvalue weighted by Gasteiger charge is -2.24. The van der Waals surface area contributed by atoms with Crippen molar-refractivity contribution in [2.24, 2.45) is 11.8 Å². The number of carboxylic acids is 1. The van der Waals surface area contributed by atoms with Gasteiger partial charge in [0.25, 0.3) is 0 Å². The molecule has 3 nitrogen and oxygen atoms in total. The predicted octanol–water partition coefficient (Wildman–Crippen LogP) is 3.37. The second-order valence-corrected chi connectivity index (χ2v) is 6.42. The van der Waals surface area contributed by atoms with Gasteiger partial charge in [0.15, 0.2) is 0 Å². The Bertz CT molecular complexity index is 426. The van der Waals surface area contributed by atoms with E-state index >= 15 is 0 Å². The van der Waals surface area contributed by atoms with Crippen LogP contribution in [0.4, 0.5) is 0 Å². The largest absolute Gasteiger partial charge is 0.481 e. The highest BCUT2D eigenvalue weighted by Gasteiger charge is 2.30. The summed E-state index contributed by atoms with van der Waals surface area (Å²) in [6, 6.07) is 7.56. The maximum atomic E-state index is 11.2. The van der Waals surface area contributed by atoms with Crippen LogP contribution in [0.5, 0.6) is 0 Å². The van der Waals surface area contributed by atoms with Gasteiger partial charge in [-0.3, -0.25) is 4.79 Å². The van der Waals surface area contributed by atoms with Crippen molar-refractivity contribution in [1.29, 1.82) is 0 Å². The van der Waals surface area contributed by atoms with Crippen LogP contribution in [0.3, 0.4) is 0 Å². The molecule has 106 valence electrons. The molecule has 1 aromatic rings. The molecule has 1 rings (SSSR count). The van der Waals surface area contributed by atoms with Crippen molar-refractivity contribution in [3.05, 3.63) is 35.4 Å². The summed E-state index contributed by atoms with van der Waals surface area (Å²) in [5, 5.41) is 19.4. The van der Waals surface area contributed by atoms with Gasteiger partial charge in [-0.2, -0.15) is 0 Å². The lowest BCUT2D eigenvalue weighted by Crippen LogP contribution is -2.27. The van der Waals surface area contributed by atoms with Crippen molar-refractivity contribution in [1.82, 2.24) is 0 Å². The summed E-state index contributed by atoms with van der Waals surface area (Å²) in [5.74, 6) is -1.85. The zero-order valence-electron chi connectivity index (χ0n) is 12.3. The Morgan fingerprint density at radius 1 is 1.11 bits per heavy atom. The van der Waals surface area contributed by atoms with E-state index in [1.807, 2.05) is 38.1 Å². The number of carbonyl (C=O) groups is 1. The Morgan fingerprint density at radius 2 is 1.58 bits per heavy atom. The summed E-state index contributed by atoms with van der Waals surface area (Å²) in [6.45, 7) is 9.98. The monoisotopic (exact) mass is 264 g/mol. The van der Waals surface area contributed by atoms with Gasteiger partial charge < -0.3 is 10.2 Å². The van der Waals surface area contributed by atoms with Crippen LogP contribution in [-0.2, 0) is 10.2 Å². The molecule has 0 bridgehead atoms. The zero-order chi connectivity index (χ0) is 14.8. The van der Waals surface area contributed by atoms with Gasteiger partial charge in [-0.15, -0.1) is 0 Å². The molecule has 2 unspecified atom stereocenters. The highest BCUT2D eigenvalue weighted by molar-refractivity contribution is 5.71. The van der Waals surface area contributed by atoms with Gasteiger partial charge in [0.2, 0.25) is 0 Å². The van der Waals surface area contributed by atoms with Crippen molar-refractivity contribution in [3.8, 4) is 0 Å². The third-order valence-electron chi connectivity index (χ3n) is 3.46. The van der Waals surface area contributed by atoms with Crippen LogP contribution in [0.2, 0.25) is 0 Å². The second-order valence-electron chi connectivity index (χ2n) is 6.42. The first-order valence-electron chi connectivity index (χ1n) is 6.66. The van der Waals surface area contributed by atoms with E-state index in [-0.39, 0.29) is 11.3 Å². The summed E-state index contributed by atoms with van der Waals surface area (Å²) in [6.07, 6.45) is -0.966. The van der Waals surface area contributed by atoms with E-state index in [2.05, 4.69) is 20.8 Å². The molecule has 2 atom stereocenters. The smallest absolute Gasteiger partial charge is 0.309 e. The Hall–Kier alpha value is -1.35. The van der Waals surface area contributed by atoms with E-state index in [1.54, 1.807) is 0 Å². The predicted molar refractivity (Wildman–Crippen MR) is 76.1 cm³/mol. The molecule has 19 heavy (non-hydrogen) atoms. The van der Waals surface area contributed by atoms with Gasteiger partial charge in [0.05, 0.1) is 12.0 Å². The highest BCUT2D eigenvalue weighted by Crippen LogP contribution is 2.30. The third-order valence-corrected chi connectivity index (χ3v) is 3.46. The quantitative estimate of drug-likeness (QED) is 0.876. The molecule has 0 aromatic heterocycles. The lowest BCUT2D eigenvalue weighted by molar-refractivity contribution is -0.148. The molecule has 0 saturated carbocycles. The van der Waals surface area contributed by atoms with Crippen molar-refractivity contribution < 1.29 is 15.0 Å². The topological polar surface area (TPSA) is 57.5 Å². The summed E-state index contributed by atoms with van der Waals surface area (Å²) >= 11 is 0. The van der Waals surface area contributed by atoms with Gasteiger partial charge in [-0.05, 0) is 22.5 Å². The van der Waals surface area contributed by atoms with Crippen LogP contribution in [0, 0.1) is 11.8 Å². The summed E-state index contributed by atoms with van der Waals surface area (Å²) in [5.41, 5.74) is 1.88. The van der Waals surface area contributed by atoms with Crippen molar-refractivity contribution in [3.63, 3.8) is 0 Å². The Kier molecular flexibility index (Phi) is 4.75. The minimum atomic E-state index is -0.966. The molecule has 0 aliphatic carbocycles. The first kappa shape index (κ1) is 15.7. The van der Waals surface area contributed by atoms with E-state index < -0.39 is 18.0 Å². The summed E-state index contributed by atoms with van der Waals surface area (Å²) in [7, 11) is 0. The maximum absolute atomic E-state index is 11.2. The number of aliphatic hydroxyl groups excluding tert-OH is 1. The van der Waals surface area contributed by atoms with E-state index in [0.29, 0.717) is 5.56 Å². The SMILES string of the molecule is CC(C)C(C(=O)O)C(O)c1ccc(C(C)(C)C)cc1. The molecular weight excluding hydrogens is 240 g/mol. The summed E-state index contributed by atoms with van der Waals surface area (Å²) < 4.78 is 0. The number of carboxylic acid groups (broad SMARTS) is 1. The number of benzene rings is 1. The number of aliphatic carboxylic acids is 1. The van der Waals surface area contributed by atoms with Crippen molar-refractivity contribution >= 4 is 5.97 Å². The molecule has 0 spiro atoms. The fourth-order valence-electron chi connectivity index (χ4n) is 2.17. The normalized spacial score (nSPS) is 15.3. The molecule has 0 radical (unpaired) electrons. The summed E-state index contributed by atoms with van der Waals surface area (Å²) in [4.78, 5) is 11.2. The number of rotatable bonds is 4. The molecule has 0 heterocycles. The standard InChI is InChI=1S/C16H24O3/c1-10(2)13(15(18)19)14(17)11-6-8-12(9-7-11)16(3,4)5/h6-10,13-14,17H,1-5H3,(H,18,19). The van der Waals surface area contributed by atoms with E-state index in [1.165, 1.54) is 5.56 Å². The highest BCUT2D eigenvalue weighted by atomic mass is 16.4.